The van der Waals surface area contributed by atoms with Crippen molar-refractivity contribution in [3.63, 3.8) is 0 Å². The highest BCUT2D eigenvalue weighted by atomic mass is 79.9. The first kappa shape index (κ1) is 19.7. The zero-order valence-corrected chi connectivity index (χ0v) is 18.7. The Morgan fingerprint density at radius 1 is 1.25 bits per heavy atom. The van der Waals surface area contributed by atoms with Crippen molar-refractivity contribution < 1.29 is 9.22 Å². The van der Waals surface area contributed by atoms with E-state index in [1.807, 2.05) is 4.90 Å². The number of anilines is 1. The highest BCUT2D eigenvalue weighted by Gasteiger charge is 2.43. The zero-order valence-electron chi connectivity index (χ0n) is 15.9. The molecule has 24 heavy (non-hydrogen) atoms. The van der Waals surface area contributed by atoms with Gasteiger partial charge in [0.25, 0.3) is 0 Å². The molecule has 0 saturated carbocycles. The van der Waals surface area contributed by atoms with E-state index in [-0.39, 0.29) is 23.5 Å². The second-order valence-corrected chi connectivity index (χ2v) is 11.4. The van der Waals surface area contributed by atoms with Crippen LogP contribution < -0.4 is 4.90 Å². The second-order valence-electron chi connectivity index (χ2n) is 8.23. The Kier molecular flexibility index (Phi) is 5.98. The average Bonchev–Trinajstić information content (AvgIpc) is 2.81. The van der Waals surface area contributed by atoms with Crippen LogP contribution in [0.4, 0.5) is 5.69 Å². The number of benzene rings is 1. The smallest absolute Gasteiger partial charge is 0.227 e. The van der Waals surface area contributed by atoms with Gasteiger partial charge in [-0.05, 0) is 62.0 Å². The number of aryl methyl sites for hydroxylation is 2. The van der Waals surface area contributed by atoms with E-state index in [4.69, 9.17) is 4.43 Å². The highest BCUT2D eigenvalue weighted by Crippen LogP contribution is 2.38. The minimum Gasteiger partial charge on any atom is -0.415 e. The van der Waals surface area contributed by atoms with Crippen LogP contribution in [0.2, 0.25) is 13.1 Å². The number of carbonyl (C=O) groups excluding carboxylic acids is 1. The third-order valence-electron chi connectivity index (χ3n) is 4.58. The molecular weight excluding hydrogens is 382 g/mol. The Labute approximate surface area is 156 Å². The molecule has 0 radical (unpaired) electrons. The van der Waals surface area contributed by atoms with E-state index in [2.05, 4.69) is 75.8 Å². The van der Waals surface area contributed by atoms with E-state index in [9.17, 15) is 4.79 Å². The summed E-state index contributed by atoms with van der Waals surface area (Å²) in [4.78, 5) is 14.7. The van der Waals surface area contributed by atoms with Gasteiger partial charge in [-0.3, -0.25) is 4.79 Å². The Morgan fingerprint density at radius 2 is 1.79 bits per heavy atom. The van der Waals surface area contributed by atoms with Crippen LogP contribution in [-0.2, 0) is 9.22 Å². The molecule has 1 aliphatic heterocycles. The fraction of sp³-hybridized carbons (Fsp3) is 0.632. The van der Waals surface area contributed by atoms with E-state index in [1.165, 1.54) is 0 Å². The molecule has 0 N–H and O–H groups in total. The summed E-state index contributed by atoms with van der Waals surface area (Å²) >= 11 is 3.62. The van der Waals surface area contributed by atoms with Crippen LogP contribution in [0.15, 0.2) is 16.6 Å². The van der Waals surface area contributed by atoms with E-state index in [0.717, 1.165) is 27.7 Å². The third kappa shape index (κ3) is 4.11. The van der Waals surface area contributed by atoms with Gasteiger partial charge in [0.05, 0.1) is 12.1 Å². The third-order valence-corrected chi connectivity index (χ3v) is 6.66. The predicted molar refractivity (Wildman–Crippen MR) is 107 cm³/mol. The molecule has 0 aliphatic carbocycles. The van der Waals surface area contributed by atoms with Crippen LogP contribution in [0.1, 0.15) is 44.7 Å². The maximum Gasteiger partial charge on any atom is 0.227 e. The molecule has 1 aliphatic rings. The molecule has 1 unspecified atom stereocenters. The van der Waals surface area contributed by atoms with Gasteiger partial charge in [-0.2, -0.15) is 0 Å². The van der Waals surface area contributed by atoms with Crippen molar-refractivity contribution in [3.05, 3.63) is 27.7 Å². The lowest BCUT2D eigenvalue weighted by Gasteiger charge is -2.40. The van der Waals surface area contributed by atoms with Crippen LogP contribution in [0, 0.1) is 19.3 Å². The topological polar surface area (TPSA) is 29.5 Å². The quantitative estimate of drug-likeness (QED) is 0.653. The molecule has 3 nitrogen and oxygen atoms in total. The number of rotatable bonds is 4. The molecule has 134 valence electrons. The number of carbonyl (C=O) groups is 1. The maximum absolute atomic E-state index is 12.7. The summed E-state index contributed by atoms with van der Waals surface area (Å²) in [5.74, 6) is 0.212. The van der Waals surface area contributed by atoms with Crippen molar-refractivity contribution in [2.45, 2.75) is 72.7 Å². The largest absolute Gasteiger partial charge is 0.415 e. The Balaban J connectivity index is 2.44. The van der Waals surface area contributed by atoms with Crippen molar-refractivity contribution in [2.24, 2.45) is 5.41 Å². The summed E-state index contributed by atoms with van der Waals surface area (Å²) in [6, 6.07) is 4.34. The number of nitrogens with zero attached hydrogens (tertiary/aromatic N) is 1. The first-order valence-electron chi connectivity index (χ1n) is 8.76. The molecule has 1 saturated heterocycles. The lowest BCUT2D eigenvalue weighted by molar-refractivity contribution is -0.117. The molecule has 1 heterocycles. The van der Waals surface area contributed by atoms with Gasteiger partial charge in [-0.15, -0.1) is 0 Å². The van der Waals surface area contributed by atoms with Gasteiger partial charge >= 0.3 is 0 Å². The summed E-state index contributed by atoms with van der Waals surface area (Å²) in [5, 5.41) is 0. The molecule has 1 aromatic carbocycles. The molecule has 0 spiro atoms. The zero-order chi connectivity index (χ0) is 18.2. The fourth-order valence-electron chi connectivity index (χ4n) is 3.56. The van der Waals surface area contributed by atoms with Crippen molar-refractivity contribution in [2.75, 3.05) is 4.90 Å². The second kappa shape index (κ2) is 7.30. The molecule has 2 rings (SSSR count). The van der Waals surface area contributed by atoms with Gasteiger partial charge in [-0.25, -0.2) is 0 Å². The summed E-state index contributed by atoms with van der Waals surface area (Å²) in [6.45, 7) is 15.2. The van der Waals surface area contributed by atoms with E-state index in [1.54, 1.807) is 0 Å². The van der Waals surface area contributed by atoms with E-state index >= 15 is 0 Å². The van der Waals surface area contributed by atoms with E-state index in [0.29, 0.717) is 6.42 Å². The van der Waals surface area contributed by atoms with Gasteiger partial charge in [0.1, 0.15) is 0 Å². The number of hydrogen-bond donors (Lipinski definition) is 0. The molecule has 0 bridgehead atoms. The highest BCUT2D eigenvalue weighted by molar-refractivity contribution is 9.10. The average molecular weight is 412 g/mol. The van der Waals surface area contributed by atoms with Gasteiger partial charge in [0, 0.05) is 16.6 Å². The molecular formula is C19H30BrNO2Si. The maximum atomic E-state index is 12.7. The number of hydrogen-bond acceptors (Lipinski definition) is 2. The standard InChI is InChI=1S/C19H30BrNO2Si/c1-12-10-14(11-13(2)17(12)20)21-15(8-9-16(21)22)18(19(3,4)5)23-24(6)7/h10-11,15,18,24H,8-9H2,1-7H3/t15-,18?/m1/s1. The molecule has 2 atom stereocenters. The summed E-state index contributed by atoms with van der Waals surface area (Å²) in [6.07, 6.45) is 1.55. The molecule has 5 heteroatoms. The molecule has 1 amide bonds. The SMILES string of the molecule is Cc1cc(N2C(=O)CC[C@@H]2C(O[SiH](C)C)C(C)(C)C)cc(C)c1Br. The summed E-state index contributed by atoms with van der Waals surface area (Å²) in [5.41, 5.74) is 3.33. The lowest BCUT2D eigenvalue weighted by Crippen LogP contribution is -2.50. The first-order chi connectivity index (χ1) is 11.0. The van der Waals surface area contributed by atoms with Crippen LogP contribution in [0.25, 0.3) is 0 Å². The van der Waals surface area contributed by atoms with Crippen LogP contribution in [-0.4, -0.2) is 27.1 Å². The molecule has 1 aromatic rings. The van der Waals surface area contributed by atoms with Crippen LogP contribution >= 0.6 is 15.9 Å². The predicted octanol–water partition coefficient (Wildman–Crippen LogP) is 4.98. The Bertz CT molecular complexity index is 601. The van der Waals surface area contributed by atoms with Crippen LogP contribution in [0.3, 0.4) is 0 Å². The summed E-state index contributed by atoms with van der Waals surface area (Å²) in [7, 11) is -1.20. The monoisotopic (exact) mass is 411 g/mol. The number of amides is 1. The van der Waals surface area contributed by atoms with Gasteiger partial charge in [0.2, 0.25) is 5.91 Å². The van der Waals surface area contributed by atoms with Crippen LogP contribution in [0.5, 0.6) is 0 Å². The minimum atomic E-state index is -1.20. The Morgan fingerprint density at radius 3 is 2.25 bits per heavy atom. The van der Waals surface area contributed by atoms with E-state index < -0.39 is 9.04 Å². The van der Waals surface area contributed by atoms with Gasteiger partial charge in [0.15, 0.2) is 9.04 Å². The van der Waals surface area contributed by atoms with Crippen molar-refractivity contribution in [1.29, 1.82) is 0 Å². The van der Waals surface area contributed by atoms with Crippen molar-refractivity contribution >= 4 is 36.6 Å². The fourth-order valence-corrected chi connectivity index (χ4v) is 4.96. The van der Waals surface area contributed by atoms with Gasteiger partial charge in [-0.1, -0.05) is 36.7 Å². The first-order valence-corrected chi connectivity index (χ1v) is 12.3. The lowest BCUT2D eigenvalue weighted by atomic mass is 9.83. The number of halogens is 1. The normalized spacial score (nSPS) is 20.1. The van der Waals surface area contributed by atoms with Crippen molar-refractivity contribution in [1.82, 2.24) is 0 Å². The van der Waals surface area contributed by atoms with Gasteiger partial charge < -0.3 is 9.33 Å². The molecule has 1 fully saturated rings. The molecule has 0 aromatic heterocycles. The Hall–Kier alpha value is -0.653. The summed E-state index contributed by atoms with van der Waals surface area (Å²) < 4.78 is 7.54. The van der Waals surface area contributed by atoms with Crippen molar-refractivity contribution in [3.8, 4) is 0 Å². The minimum absolute atomic E-state index is 0.00423.